The van der Waals surface area contributed by atoms with Gasteiger partial charge in [-0.1, -0.05) is 12.1 Å². The van der Waals surface area contributed by atoms with Crippen molar-refractivity contribution in [3.63, 3.8) is 0 Å². The van der Waals surface area contributed by atoms with Gasteiger partial charge in [0.2, 0.25) is 0 Å². The normalized spacial score (nSPS) is 10.6. The second-order valence-corrected chi connectivity index (χ2v) is 6.02. The molecule has 2 aromatic carbocycles. The number of nitrogens with one attached hydrogen (secondary N) is 3. The van der Waals surface area contributed by atoms with E-state index in [4.69, 9.17) is 11.1 Å². The Kier molecular flexibility index (Phi) is 4.77. The number of H-pyrrole nitrogens is 1. The Hall–Kier alpha value is -3.13. The van der Waals surface area contributed by atoms with E-state index in [1.54, 1.807) is 24.3 Å². The minimum Gasteiger partial charge on any atom is -0.399 e. The van der Waals surface area contributed by atoms with Crippen molar-refractivity contribution in [2.24, 2.45) is 0 Å². The molecular formula is C18H14F2N4OS. The van der Waals surface area contributed by atoms with Gasteiger partial charge < -0.3 is 16.0 Å². The number of aromatic amines is 1. The van der Waals surface area contributed by atoms with Crippen molar-refractivity contribution in [3.8, 4) is 0 Å². The summed E-state index contributed by atoms with van der Waals surface area (Å²) in [5.41, 5.74) is 4.74. The molecule has 0 unspecified atom stereocenters. The Labute approximate surface area is 152 Å². The van der Waals surface area contributed by atoms with E-state index >= 15 is 0 Å². The molecular weight excluding hydrogens is 358 g/mol. The van der Waals surface area contributed by atoms with Crippen LogP contribution >= 0.6 is 12.6 Å². The number of halogens is 2. The Bertz CT molecular complexity index is 1020. The van der Waals surface area contributed by atoms with Crippen LogP contribution in [0, 0.1) is 17.0 Å². The first-order chi connectivity index (χ1) is 12.4. The molecule has 0 aliphatic heterocycles. The van der Waals surface area contributed by atoms with Crippen molar-refractivity contribution >= 4 is 35.4 Å². The smallest absolute Gasteiger partial charge is 0.259 e. The van der Waals surface area contributed by atoms with Gasteiger partial charge in [-0.25, -0.2) is 8.78 Å². The van der Waals surface area contributed by atoms with E-state index in [1.165, 1.54) is 12.3 Å². The molecule has 3 aromatic rings. The van der Waals surface area contributed by atoms with Crippen LogP contribution in [0.3, 0.4) is 0 Å². The predicted molar refractivity (Wildman–Crippen MR) is 101 cm³/mol. The summed E-state index contributed by atoms with van der Waals surface area (Å²) in [4.78, 5) is 15.4. The summed E-state index contributed by atoms with van der Waals surface area (Å²) < 4.78 is 28.1. The Morgan fingerprint density at radius 2 is 1.73 bits per heavy atom. The molecule has 0 spiro atoms. The van der Waals surface area contributed by atoms with Crippen molar-refractivity contribution in [2.75, 3.05) is 11.1 Å². The molecule has 1 heterocycles. The van der Waals surface area contributed by atoms with E-state index in [9.17, 15) is 13.6 Å². The quantitative estimate of drug-likeness (QED) is 0.275. The molecule has 1 aromatic heterocycles. The SMILES string of the molecule is N=C(c1ccc(S)cc1)c1c(Nc2c(F)cc(N)cc2F)cc[nH]c1=O. The fraction of sp³-hybridized carbons (Fsp3) is 0. The average Bonchev–Trinajstić information content (AvgIpc) is 2.58. The summed E-state index contributed by atoms with van der Waals surface area (Å²) in [6, 6.07) is 9.97. The van der Waals surface area contributed by atoms with Crippen LogP contribution in [0.2, 0.25) is 0 Å². The minimum atomic E-state index is -0.903. The van der Waals surface area contributed by atoms with E-state index in [0.717, 1.165) is 12.1 Å². The van der Waals surface area contributed by atoms with Gasteiger partial charge in [0.1, 0.15) is 5.69 Å². The average molecular weight is 372 g/mol. The molecule has 0 aliphatic carbocycles. The van der Waals surface area contributed by atoms with Gasteiger partial charge in [0.05, 0.1) is 17.0 Å². The van der Waals surface area contributed by atoms with Crippen molar-refractivity contribution in [1.82, 2.24) is 4.98 Å². The summed E-state index contributed by atoms with van der Waals surface area (Å²) in [5, 5.41) is 10.9. The molecule has 132 valence electrons. The Balaban J connectivity index is 2.08. The molecule has 0 bridgehead atoms. The number of anilines is 3. The van der Waals surface area contributed by atoms with Gasteiger partial charge in [0.25, 0.3) is 5.56 Å². The Morgan fingerprint density at radius 3 is 2.35 bits per heavy atom. The largest absolute Gasteiger partial charge is 0.399 e. The van der Waals surface area contributed by atoms with E-state index in [2.05, 4.69) is 22.9 Å². The third-order valence-corrected chi connectivity index (χ3v) is 3.99. The summed E-state index contributed by atoms with van der Waals surface area (Å²) in [7, 11) is 0. The summed E-state index contributed by atoms with van der Waals surface area (Å²) in [6.45, 7) is 0. The molecule has 5 N–H and O–H groups in total. The monoisotopic (exact) mass is 372 g/mol. The fourth-order valence-corrected chi connectivity index (χ4v) is 2.60. The topological polar surface area (TPSA) is 94.8 Å². The summed E-state index contributed by atoms with van der Waals surface area (Å²) in [6.07, 6.45) is 1.32. The van der Waals surface area contributed by atoms with Crippen LogP contribution in [0.25, 0.3) is 0 Å². The highest BCUT2D eigenvalue weighted by Crippen LogP contribution is 2.27. The van der Waals surface area contributed by atoms with Crippen LogP contribution in [0.5, 0.6) is 0 Å². The van der Waals surface area contributed by atoms with Gasteiger partial charge in [-0.15, -0.1) is 12.6 Å². The standard InChI is InChI=1S/C18H14F2N4OS/c19-12-7-10(21)8-13(20)17(12)24-14-5-6-23-18(25)15(14)16(22)9-1-3-11(26)4-2-9/h1-8,22,26H,21H2,(H2,23,24,25). The zero-order valence-electron chi connectivity index (χ0n) is 13.3. The van der Waals surface area contributed by atoms with Crippen LogP contribution in [-0.4, -0.2) is 10.7 Å². The minimum absolute atomic E-state index is 0.0463. The molecule has 0 saturated carbocycles. The van der Waals surface area contributed by atoms with Crippen molar-refractivity contribution in [3.05, 3.63) is 81.8 Å². The maximum atomic E-state index is 14.1. The van der Waals surface area contributed by atoms with Gasteiger partial charge in [0.15, 0.2) is 11.6 Å². The molecule has 26 heavy (non-hydrogen) atoms. The van der Waals surface area contributed by atoms with Crippen molar-refractivity contribution in [1.29, 1.82) is 5.41 Å². The number of nitrogen functional groups attached to an aromatic ring is 1. The van der Waals surface area contributed by atoms with Gasteiger partial charge in [0, 0.05) is 22.3 Å². The van der Waals surface area contributed by atoms with Gasteiger partial charge in [-0.05, 0) is 30.3 Å². The van der Waals surface area contributed by atoms with Gasteiger partial charge in [-0.2, -0.15) is 0 Å². The molecule has 0 saturated heterocycles. The Morgan fingerprint density at radius 1 is 1.12 bits per heavy atom. The van der Waals surface area contributed by atoms with Crippen molar-refractivity contribution in [2.45, 2.75) is 4.90 Å². The van der Waals surface area contributed by atoms with Gasteiger partial charge in [-0.3, -0.25) is 10.2 Å². The van der Waals surface area contributed by atoms with Crippen LogP contribution in [0.4, 0.5) is 25.8 Å². The highest BCUT2D eigenvalue weighted by Gasteiger charge is 2.18. The lowest BCUT2D eigenvalue weighted by Crippen LogP contribution is -2.20. The number of hydrogen-bond donors (Lipinski definition) is 5. The lowest BCUT2D eigenvalue weighted by atomic mass is 10.0. The molecule has 5 nitrogen and oxygen atoms in total. The first-order valence-electron chi connectivity index (χ1n) is 7.48. The number of benzene rings is 2. The third-order valence-electron chi connectivity index (χ3n) is 3.69. The fourth-order valence-electron chi connectivity index (χ4n) is 2.45. The van der Waals surface area contributed by atoms with Crippen LogP contribution < -0.4 is 16.6 Å². The van der Waals surface area contributed by atoms with E-state index in [0.29, 0.717) is 10.5 Å². The van der Waals surface area contributed by atoms with Crippen LogP contribution in [0.15, 0.2) is 58.4 Å². The first-order valence-corrected chi connectivity index (χ1v) is 7.93. The highest BCUT2D eigenvalue weighted by atomic mass is 32.1. The number of aromatic nitrogens is 1. The molecule has 0 atom stereocenters. The maximum absolute atomic E-state index is 14.1. The molecule has 0 radical (unpaired) electrons. The number of pyridine rings is 1. The molecule has 0 aliphatic rings. The molecule has 8 heteroatoms. The third kappa shape index (κ3) is 3.45. The number of hydrogen-bond acceptors (Lipinski definition) is 5. The summed E-state index contributed by atoms with van der Waals surface area (Å²) in [5.74, 6) is -1.81. The zero-order valence-corrected chi connectivity index (χ0v) is 14.2. The van der Waals surface area contributed by atoms with Gasteiger partial charge >= 0.3 is 0 Å². The predicted octanol–water partition coefficient (Wildman–Crippen LogP) is 3.68. The molecule has 0 amide bonds. The van der Waals surface area contributed by atoms with E-state index < -0.39 is 22.9 Å². The lowest BCUT2D eigenvalue weighted by Gasteiger charge is -2.14. The number of nitrogens with two attached hydrogens (primary N) is 1. The highest BCUT2D eigenvalue weighted by molar-refractivity contribution is 7.80. The zero-order chi connectivity index (χ0) is 18.8. The van der Waals surface area contributed by atoms with Crippen LogP contribution in [-0.2, 0) is 0 Å². The number of rotatable bonds is 4. The lowest BCUT2D eigenvalue weighted by molar-refractivity contribution is 0.592. The second kappa shape index (κ2) is 7.01. The molecule has 3 rings (SSSR count). The maximum Gasteiger partial charge on any atom is 0.259 e. The van der Waals surface area contributed by atoms with E-state index in [1.807, 2.05) is 0 Å². The number of thiol groups is 1. The van der Waals surface area contributed by atoms with E-state index in [-0.39, 0.29) is 22.6 Å². The van der Waals surface area contributed by atoms with Crippen molar-refractivity contribution < 1.29 is 8.78 Å². The second-order valence-electron chi connectivity index (χ2n) is 5.50. The first kappa shape index (κ1) is 17.7. The van der Waals surface area contributed by atoms with Crippen LogP contribution in [0.1, 0.15) is 11.1 Å². The summed E-state index contributed by atoms with van der Waals surface area (Å²) >= 11 is 4.18. The molecule has 0 fully saturated rings.